The minimum atomic E-state index is -0.0563. The maximum atomic E-state index is 9.32. The van der Waals surface area contributed by atoms with Crippen molar-refractivity contribution >= 4 is 43.5 Å². The van der Waals surface area contributed by atoms with Crippen molar-refractivity contribution in [3.05, 3.63) is 170 Å². The zero-order chi connectivity index (χ0) is 33.2. The van der Waals surface area contributed by atoms with Gasteiger partial charge in [-0.2, -0.15) is 0 Å². The molecular formula is C44H28O. The lowest BCUT2D eigenvalue weighted by Crippen LogP contribution is -1.93. The van der Waals surface area contributed by atoms with E-state index in [1.165, 1.54) is 0 Å². The summed E-state index contributed by atoms with van der Waals surface area (Å²) >= 11 is 0. The average molecular weight is 577 g/mol. The van der Waals surface area contributed by atoms with Gasteiger partial charge < -0.3 is 4.42 Å². The Kier molecular flexibility index (Phi) is 5.00. The number of benzene rings is 8. The average Bonchev–Trinajstić information content (AvgIpc) is 3.53. The van der Waals surface area contributed by atoms with Gasteiger partial charge in [-0.25, -0.2) is 0 Å². The zero-order valence-electron chi connectivity index (χ0n) is 28.3. The minimum absolute atomic E-state index is 0.0527. The number of furan rings is 1. The third kappa shape index (κ3) is 4.09. The molecule has 1 aromatic heterocycles. The van der Waals surface area contributed by atoms with Gasteiger partial charge in [-0.15, -0.1) is 0 Å². The monoisotopic (exact) mass is 576 g/mol. The van der Waals surface area contributed by atoms with Crippen LogP contribution in [-0.2, 0) is 0 Å². The maximum Gasteiger partial charge on any atom is 0.136 e. The predicted molar refractivity (Wildman–Crippen MR) is 190 cm³/mol. The highest BCUT2D eigenvalue weighted by molar-refractivity contribution is 6.25. The summed E-state index contributed by atoms with van der Waals surface area (Å²) in [6, 6.07) is 48.0. The van der Waals surface area contributed by atoms with Crippen LogP contribution in [0.3, 0.4) is 0 Å². The Labute approximate surface area is 267 Å². The van der Waals surface area contributed by atoms with E-state index in [0.29, 0.717) is 22.3 Å². The first-order chi connectivity index (χ1) is 24.0. The van der Waals surface area contributed by atoms with Gasteiger partial charge in [0.2, 0.25) is 0 Å². The van der Waals surface area contributed by atoms with Crippen LogP contribution >= 0.6 is 0 Å². The van der Waals surface area contributed by atoms with Crippen LogP contribution in [0.4, 0.5) is 0 Å². The third-order valence-electron chi connectivity index (χ3n) is 8.74. The summed E-state index contributed by atoms with van der Waals surface area (Å²) in [6.45, 7) is 0. The minimum Gasteiger partial charge on any atom is -0.456 e. The van der Waals surface area contributed by atoms with Crippen LogP contribution < -0.4 is 0 Å². The quantitative estimate of drug-likeness (QED) is 0.190. The van der Waals surface area contributed by atoms with Gasteiger partial charge in [-0.3, -0.25) is 0 Å². The fourth-order valence-electron chi connectivity index (χ4n) is 6.80. The molecule has 0 aliphatic rings. The van der Waals surface area contributed by atoms with E-state index in [0.717, 1.165) is 65.7 Å². The predicted octanol–water partition coefficient (Wildman–Crippen LogP) is 12.6. The summed E-state index contributed by atoms with van der Waals surface area (Å²) in [6.07, 6.45) is 0. The van der Waals surface area contributed by atoms with Crippen molar-refractivity contribution in [3.8, 4) is 44.5 Å². The van der Waals surface area contributed by atoms with Crippen molar-refractivity contribution < 1.29 is 9.90 Å². The Hall–Kier alpha value is -5.92. The number of hydrogen-bond acceptors (Lipinski definition) is 1. The third-order valence-corrected chi connectivity index (χ3v) is 8.74. The van der Waals surface area contributed by atoms with Gasteiger partial charge in [-0.1, -0.05) is 152 Å². The van der Waals surface area contributed by atoms with Crippen LogP contribution in [0, 0.1) is 0 Å². The van der Waals surface area contributed by atoms with E-state index in [1.807, 2.05) is 91.0 Å². The molecule has 0 saturated carbocycles. The number of hydrogen-bond donors (Lipinski definition) is 0. The van der Waals surface area contributed by atoms with Crippen molar-refractivity contribution in [1.29, 1.82) is 0 Å². The van der Waals surface area contributed by atoms with Crippen LogP contribution in [0.1, 0.15) is 5.48 Å². The summed E-state index contributed by atoms with van der Waals surface area (Å²) in [5, 5.41) is 5.74. The SMILES string of the molecule is [2H]c1c([2H])c(-c2c3ccccc3c(-c3ccc4oc5ccccc5c4c3-c3ccccc3)c3ccccc23)c([2H])c([2H])c1-c1ccccc1. The van der Waals surface area contributed by atoms with E-state index in [4.69, 9.17) is 7.16 Å². The van der Waals surface area contributed by atoms with E-state index < -0.39 is 0 Å². The Balaban J connectivity index is 1.43. The summed E-state index contributed by atoms with van der Waals surface area (Å²) in [7, 11) is 0. The molecule has 1 heteroatoms. The number of rotatable bonds is 4. The molecule has 0 amide bonds. The summed E-state index contributed by atoms with van der Waals surface area (Å²) in [5.74, 6) is 0. The van der Waals surface area contributed by atoms with Crippen molar-refractivity contribution in [3.63, 3.8) is 0 Å². The Morgan fingerprint density at radius 2 is 0.822 bits per heavy atom. The lowest BCUT2D eigenvalue weighted by Gasteiger charge is -2.20. The first-order valence-corrected chi connectivity index (χ1v) is 15.1. The van der Waals surface area contributed by atoms with Crippen LogP contribution in [-0.4, -0.2) is 0 Å². The van der Waals surface area contributed by atoms with E-state index >= 15 is 0 Å². The second-order valence-corrected chi connectivity index (χ2v) is 11.3. The number of para-hydroxylation sites is 1. The molecule has 0 fully saturated rings. The molecule has 0 unspecified atom stereocenters. The van der Waals surface area contributed by atoms with Gasteiger partial charge in [-0.05, 0) is 78.7 Å². The molecule has 0 spiro atoms. The molecule has 0 bridgehead atoms. The molecule has 8 aromatic carbocycles. The van der Waals surface area contributed by atoms with Crippen molar-refractivity contribution in [1.82, 2.24) is 0 Å². The van der Waals surface area contributed by atoms with Gasteiger partial charge in [0, 0.05) is 16.3 Å². The van der Waals surface area contributed by atoms with E-state index in [-0.39, 0.29) is 24.2 Å². The fourth-order valence-corrected chi connectivity index (χ4v) is 6.80. The highest BCUT2D eigenvalue weighted by atomic mass is 16.3. The Morgan fingerprint density at radius 1 is 0.333 bits per heavy atom. The lowest BCUT2D eigenvalue weighted by molar-refractivity contribution is 0.669. The molecule has 1 nitrogen and oxygen atoms in total. The topological polar surface area (TPSA) is 13.1 Å². The van der Waals surface area contributed by atoms with Crippen LogP contribution in [0.5, 0.6) is 0 Å². The zero-order valence-corrected chi connectivity index (χ0v) is 24.3. The first-order valence-electron chi connectivity index (χ1n) is 17.1. The van der Waals surface area contributed by atoms with E-state index in [1.54, 1.807) is 0 Å². The van der Waals surface area contributed by atoms with Gasteiger partial charge in [0.15, 0.2) is 0 Å². The van der Waals surface area contributed by atoms with Gasteiger partial charge in [0.25, 0.3) is 0 Å². The highest BCUT2D eigenvalue weighted by Crippen LogP contribution is 2.49. The van der Waals surface area contributed by atoms with Gasteiger partial charge in [0.1, 0.15) is 11.2 Å². The first kappa shape index (κ1) is 21.7. The molecule has 0 saturated heterocycles. The normalized spacial score (nSPS) is 12.8. The van der Waals surface area contributed by atoms with Crippen molar-refractivity contribution in [2.75, 3.05) is 0 Å². The molecule has 210 valence electrons. The maximum absolute atomic E-state index is 9.32. The van der Waals surface area contributed by atoms with Crippen LogP contribution in [0.15, 0.2) is 174 Å². The molecule has 0 aliphatic carbocycles. The summed E-state index contributed by atoms with van der Waals surface area (Å²) in [5.41, 5.74) is 7.83. The molecule has 0 aliphatic heterocycles. The van der Waals surface area contributed by atoms with Crippen LogP contribution in [0.2, 0.25) is 0 Å². The second kappa shape index (κ2) is 10.4. The molecule has 9 rings (SSSR count). The van der Waals surface area contributed by atoms with E-state index in [2.05, 4.69) is 54.6 Å². The van der Waals surface area contributed by atoms with Crippen LogP contribution in [0.25, 0.3) is 88.0 Å². The fraction of sp³-hybridized carbons (Fsp3) is 0. The lowest BCUT2D eigenvalue weighted by atomic mass is 9.82. The Morgan fingerprint density at radius 3 is 1.44 bits per heavy atom. The van der Waals surface area contributed by atoms with Crippen molar-refractivity contribution in [2.45, 2.75) is 0 Å². The molecule has 1 heterocycles. The standard InChI is InChI=1S/C44H28O/c1-3-13-29(14-4-1)30-23-25-32(26-24-30)41-33-17-7-9-19-35(33)43(36-20-10-8-18-34(36)41)38-27-28-40-44(37-21-11-12-22-39(37)45-40)42(38)31-15-5-2-6-16-31/h1-28H/i23D,24D,25D,26D. The number of fused-ring (bicyclic) bond motifs is 5. The molecule has 0 atom stereocenters. The molecule has 0 N–H and O–H groups in total. The van der Waals surface area contributed by atoms with Crippen molar-refractivity contribution in [2.24, 2.45) is 0 Å². The summed E-state index contributed by atoms with van der Waals surface area (Å²) in [4.78, 5) is 0. The largest absolute Gasteiger partial charge is 0.456 e. The summed E-state index contributed by atoms with van der Waals surface area (Å²) < 4.78 is 43.2. The molecule has 0 radical (unpaired) electrons. The smallest absolute Gasteiger partial charge is 0.136 e. The molecule has 9 aromatic rings. The Bertz CT molecular complexity index is 2660. The van der Waals surface area contributed by atoms with Gasteiger partial charge in [0.05, 0.1) is 5.48 Å². The highest BCUT2D eigenvalue weighted by Gasteiger charge is 2.22. The van der Waals surface area contributed by atoms with Gasteiger partial charge >= 0.3 is 0 Å². The van der Waals surface area contributed by atoms with E-state index in [9.17, 15) is 2.74 Å². The molecular weight excluding hydrogens is 544 g/mol. The second-order valence-electron chi connectivity index (χ2n) is 11.3. The molecule has 45 heavy (non-hydrogen) atoms.